The van der Waals surface area contributed by atoms with E-state index in [4.69, 9.17) is 4.52 Å². The summed E-state index contributed by atoms with van der Waals surface area (Å²) in [6.07, 6.45) is 4.45. The van der Waals surface area contributed by atoms with Gasteiger partial charge in [0.15, 0.2) is 0 Å². The van der Waals surface area contributed by atoms with Gasteiger partial charge in [-0.3, -0.25) is 9.48 Å². The van der Waals surface area contributed by atoms with Gasteiger partial charge < -0.3 is 9.51 Å². The van der Waals surface area contributed by atoms with E-state index in [0.717, 1.165) is 5.69 Å². The highest BCUT2D eigenvalue weighted by molar-refractivity contribution is 5.84. The molecule has 0 aliphatic heterocycles. The van der Waals surface area contributed by atoms with Gasteiger partial charge in [-0.25, -0.2) is 4.39 Å². The fourth-order valence-electron chi connectivity index (χ4n) is 4.15. The lowest BCUT2D eigenvalue weighted by Gasteiger charge is -2.29. The second-order valence-corrected chi connectivity index (χ2v) is 7.14. The number of pyridine rings is 1. The summed E-state index contributed by atoms with van der Waals surface area (Å²) in [5.74, 6) is -0.360. The number of benzene rings is 1. The molecule has 0 fully saturated rings. The number of hydrogen-bond acceptors (Lipinski definition) is 4. The van der Waals surface area contributed by atoms with Gasteiger partial charge >= 0.3 is 0 Å². The number of nitrogens with zero attached hydrogens (tertiary/aromatic N) is 3. The van der Waals surface area contributed by atoms with Crippen LogP contribution in [0.2, 0.25) is 0 Å². The Bertz CT molecular complexity index is 1200. The molecule has 7 heteroatoms. The van der Waals surface area contributed by atoms with E-state index >= 15 is 0 Å². The number of H-pyrrole nitrogens is 1. The van der Waals surface area contributed by atoms with Crippen molar-refractivity contribution in [3.8, 4) is 11.3 Å². The van der Waals surface area contributed by atoms with Crippen LogP contribution in [0.15, 0.2) is 52.1 Å². The molecule has 0 unspecified atom stereocenters. The van der Waals surface area contributed by atoms with E-state index in [-0.39, 0.29) is 11.4 Å². The molecule has 0 radical (unpaired) electrons. The maximum absolute atomic E-state index is 14.6. The van der Waals surface area contributed by atoms with Crippen LogP contribution in [0.3, 0.4) is 0 Å². The van der Waals surface area contributed by atoms with Crippen molar-refractivity contribution >= 4 is 10.9 Å². The lowest BCUT2D eigenvalue weighted by molar-refractivity contribution is 0.374. The summed E-state index contributed by atoms with van der Waals surface area (Å²) in [6, 6.07) is 8.72. The van der Waals surface area contributed by atoms with E-state index in [9.17, 15) is 9.18 Å². The Labute approximate surface area is 167 Å². The van der Waals surface area contributed by atoms with Crippen LogP contribution in [0.5, 0.6) is 0 Å². The second-order valence-electron chi connectivity index (χ2n) is 7.14. The quantitative estimate of drug-likeness (QED) is 0.517. The molecule has 0 saturated carbocycles. The minimum absolute atomic E-state index is 0.210. The molecule has 4 rings (SSSR count). The third-order valence-electron chi connectivity index (χ3n) is 5.88. The van der Waals surface area contributed by atoms with Crippen LogP contribution < -0.4 is 5.56 Å². The molecule has 0 saturated heterocycles. The Morgan fingerprint density at radius 3 is 2.59 bits per heavy atom. The molecule has 29 heavy (non-hydrogen) atoms. The number of fused-ring (bicyclic) bond motifs is 1. The van der Waals surface area contributed by atoms with Gasteiger partial charge in [-0.1, -0.05) is 25.1 Å². The van der Waals surface area contributed by atoms with Crippen molar-refractivity contribution in [2.75, 3.05) is 0 Å². The fourth-order valence-corrected chi connectivity index (χ4v) is 4.15. The highest BCUT2D eigenvalue weighted by Crippen LogP contribution is 2.36. The largest absolute Gasteiger partial charge is 0.364 e. The van der Waals surface area contributed by atoms with Crippen molar-refractivity contribution in [1.29, 1.82) is 0 Å². The molecule has 4 aromatic rings. The van der Waals surface area contributed by atoms with E-state index in [0.29, 0.717) is 47.1 Å². The maximum Gasteiger partial charge on any atom is 0.252 e. The average molecular weight is 394 g/mol. The summed E-state index contributed by atoms with van der Waals surface area (Å²) >= 11 is 0. The lowest BCUT2D eigenvalue weighted by Crippen LogP contribution is -2.33. The molecule has 3 heterocycles. The van der Waals surface area contributed by atoms with E-state index in [2.05, 4.69) is 15.2 Å². The third kappa shape index (κ3) is 2.97. The summed E-state index contributed by atoms with van der Waals surface area (Å²) in [6.45, 7) is 6.64. The van der Waals surface area contributed by atoms with Crippen LogP contribution in [-0.4, -0.2) is 19.9 Å². The number of aromatic amines is 1. The summed E-state index contributed by atoms with van der Waals surface area (Å²) < 4.78 is 21.4. The monoisotopic (exact) mass is 394 g/mol. The molecule has 1 N–H and O–H groups in total. The first-order chi connectivity index (χ1) is 14.0. The van der Waals surface area contributed by atoms with Gasteiger partial charge in [0, 0.05) is 34.8 Å². The fraction of sp³-hybridized carbons (Fsp3) is 0.318. The summed E-state index contributed by atoms with van der Waals surface area (Å²) in [4.78, 5) is 16.0. The third-order valence-corrected chi connectivity index (χ3v) is 5.88. The van der Waals surface area contributed by atoms with Gasteiger partial charge in [-0.2, -0.15) is 5.10 Å². The zero-order valence-electron chi connectivity index (χ0n) is 16.7. The van der Waals surface area contributed by atoms with E-state index in [1.807, 2.05) is 39.0 Å². The van der Waals surface area contributed by atoms with Gasteiger partial charge in [0.2, 0.25) is 0 Å². The minimum Gasteiger partial charge on any atom is -0.364 e. The normalized spacial score (nSPS) is 12.0. The standard InChI is InChI=1S/C22H23FN4O2/c1-4-22(5-2,20-9-10-29-26-20)16-7-8-18(25-21(16)28)14-11-17(23)15-13-24-27(6-3)19(15)12-14/h7-13H,4-6H2,1-3H3,(H,25,28). The molecule has 0 atom stereocenters. The first-order valence-corrected chi connectivity index (χ1v) is 9.84. The van der Waals surface area contributed by atoms with Crippen LogP contribution >= 0.6 is 0 Å². The van der Waals surface area contributed by atoms with E-state index in [1.54, 1.807) is 10.7 Å². The van der Waals surface area contributed by atoms with Crippen molar-refractivity contribution in [3.63, 3.8) is 0 Å². The first-order valence-electron chi connectivity index (χ1n) is 9.84. The Balaban J connectivity index is 1.84. The molecule has 0 aliphatic rings. The van der Waals surface area contributed by atoms with Crippen molar-refractivity contribution in [2.45, 2.75) is 45.6 Å². The molecular weight excluding hydrogens is 371 g/mol. The highest BCUT2D eigenvalue weighted by Gasteiger charge is 2.35. The number of aromatic nitrogens is 4. The molecule has 0 amide bonds. The molecule has 150 valence electrons. The zero-order chi connectivity index (χ0) is 20.6. The molecule has 3 aromatic heterocycles. The van der Waals surface area contributed by atoms with Crippen LogP contribution in [0.1, 0.15) is 44.9 Å². The molecule has 0 bridgehead atoms. The van der Waals surface area contributed by atoms with E-state index < -0.39 is 5.41 Å². The number of nitrogens with one attached hydrogen (secondary N) is 1. The van der Waals surface area contributed by atoms with Crippen LogP contribution in [-0.2, 0) is 12.0 Å². The lowest BCUT2D eigenvalue weighted by atomic mass is 9.73. The highest BCUT2D eigenvalue weighted by atomic mass is 19.1. The average Bonchev–Trinajstić information content (AvgIpc) is 3.40. The van der Waals surface area contributed by atoms with Crippen LogP contribution in [0.4, 0.5) is 4.39 Å². The maximum atomic E-state index is 14.6. The number of aryl methyl sites for hydroxylation is 1. The van der Waals surface area contributed by atoms with Crippen molar-refractivity contribution in [1.82, 2.24) is 19.9 Å². The topological polar surface area (TPSA) is 76.7 Å². The van der Waals surface area contributed by atoms with Crippen molar-refractivity contribution in [3.05, 3.63) is 70.2 Å². The first kappa shape index (κ1) is 19.1. The second kappa shape index (κ2) is 7.31. The molecule has 0 spiro atoms. The van der Waals surface area contributed by atoms with Gasteiger partial charge in [0.05, 0.1) is 22.8 Å². The Morgan fingerprint density at radius 1 is 1.17 bits per heavy atom. The van der Waals surface area contributed by atoms with Crippen LogP contribution in [0.25, 0.3) is 22.2 Å². The zero-order valence-corrected chi connectivity index (χ0v) is 16.7. The Kier molecular flexibility index (Phi) is 4.82. The number of halogens is 1. The summed E-state index contributed by atoms with van der Waals surface area (Å²) in [5.41, 5.74) is 2.49. The minimum atomic E-state index is -0.533. The SMILES string of the molecule is CCn1ncc2c(F)cc(-c3ccc(C(CC)(CC)c4ccon4)c(=O)[nH]3)cc21. The number of rotatable bonds is 6. The van der Waals surface area contributed by atoms with Gasteiger partial charge in [0.1, 0.15) is 12.1 Å². The van der Waals surface area contributed by atoms with Crippen LogP contribution in [0, 0.1) is 5.82 Å². The Hall–Kier alpha value is -3.22. The predicted molar refractivity (Wildman–Crippen MR) is 109 cm³/mol. The van der Waals surface area contributed by atoms with Crippen molar-refractivity contribution < 1.29 is 8.91 Å². The molecule has 6 nitrogen and oxygen atoms in total. The molecule has 0 aliphatic carbocycles. The Morgan fingerprint density at radius 2 is 1.97 bits per heavy atom. The number of hydrogen-bond donors (Lipinski definition) is 1. The van der Waals surface area contributed by atoms with E-state index in [1.165, 1.54) is 18.5 Å². The molecular formula is C22H23FN4O2. The summed E-state index contributed by atoms with van der Waals surface area (Å²) in [7, 11) is 0. The van der Waals surface area contributed by atoms with Gasteiger partial charge in [-0.15, -0.1) is 0 Å². The predicted octanol–water partition coefficient (Wildman–Crippen LogP) is 4.64. The van der Waals surface area contributed by atoms with Gasteiger partial charge in [-0.05, 0) is 38.0 Å². The molecule has 1 aromatic carbocycles. The van der Waals surface area contributed by atoms with Crippen molar-refractivity contribution in [2.24, 2.45) is 0 Å². The van der Waals surface area contributed by atoms with Gasteiger partial charge in [0.25, 0.3) is 5.56 Å². The summed E-state index contributed by atoms with van der Waals surface area (Å²) in [5, 5.41) is 8.78. The smallest absolute Gasteiger partial charge is 0.252 e.